The fraction of sp³-hybridized carbons (Fsp3) is 0.667. The third kappa shape index (κ3) is 2.44. The summed E-state index contributed by atoms with van der Waals surface area (Å²) >= 11 is 5.14. The summed E-state index contributed by atoms with van der Waals surface area (Å²) in [6.07, 6.45) is 2.69. The first-order valence-corrected chi connectivity index (χ1v) is 6.53. The molecule has 0 aliphatic heterocycles. The summed E-state index contributed by atoms with van der Waals surface area (Å²) in [5.41, 5.74) is 7.67. The van der Waals surface area contributed by atoms with Gasteiger partial charge in [0.25, 0.3) is 0 Å². The number of hydrogen-bond donors (Lipinski definition) is 1. The van der Waals surface area contributed by atoms with Crippen molar-refractivity contribution < 1.29 is 0 Å². The van der Waals surface area contributed by atoms with E-state index in [-0.39, 0.29) is 0 Å². The highest BCUT2D eigenvalue weighted by Crippen LogP contribution is 2.32. The van der Waals surface area contributed by atoms with Crippen LogP contribution in [0.4, 0.5) is 5.82 Å². The van der Waals surface area contributed by atoms with E-state index < -0.39 is 0 Å². The molecule has 0 atom stereocenters. The predicted molar refractivity (Wildman–Crippen MR) is 74.4 cm³/mol. The Labute approximate surface area is 108 Å². The second-order valence-corrected chi connectivity index (χ2v) is 5.19. The summed E-state index contributed by atoms with van der Waals surface area (Å²) in [5, 5.41) is 4.44. The molecule has 2 N–H and O–H groups in total. The average Bonchev–Trinajstić information content (AvgIpc) is 3.00. The highest BCUT2D eigenvalue weighted by molar-refractivity contribution is 7.80. The molecule has 0 unspecified atom stereocenters. The fourth-order valence-corrected chi connectivity index (χ4v) is 2.51. The van der Waals surface area contributed by atoms with E-state index in [1.165, 1.54) is 12.8 Å². The Morgan fingerprint density at radius 2 is 2.24 bits per heavy atom. The zero-order valence-corrected chi connectivity index (χ0v) is 11.5. The largest absolute Gasteiger partial charge is 0.389 e. The standard InChI is InChI=1S/C12H20N4S/c1-4-16(7-9-5-6-9)12-10(11(13)17)8(2)14-15(12)3/h9H,4-7H2,1-3H3,(H2,13,17). The van der Waals surface area contributed by atoms with E-state index in [0.717, 1.165) is 36.1 Å². The van der Waals surface area contributed by atoms with E-state index in [9.17, 15) is 0 Å². The van der Waals surface area contributed by atoms with Gasteiger partial charge in [-0.05, 0) is 32.6 Å². The first kappa shape index (κ1) is 12.4. The van der Waals surface area contributed by atoms with Crippen LogP contribution in [-0.2, 0) is 7.05 Å². The molecule has 5 heteroatoms. The van der Waals surface area contributed by atoms with Gasteiger partial charge in [-0.2, -0.15) is 5.10 Å². The van der Waals surface area contributed by atoms with Crippen molar-refractivity contribution in [2.75, 3.05) is 18.0 Å². The maximum Gasteiger partial charge on any atom is 0.137 e. The lowest BCUT2D eigenvalue weighted by Crippen LogP contribution is -2.29. The minimum Gasteiger partial charge on any atom is -0.389 e. The van der Waals surface area contributed by atoms with Crippen LogP contribution < -0.4 is 10.6 Å². The molecule has 2 rings (SSSR count). The number of rotatable bonds is 5. The molecule has 0 bridgehead atoms. The van der Waals surface area contributed by atoms with Crippen LogP contribution in [0.25, 0.3) is 0 Å². The highest BCUT2D eigenvalue weighted by Gasteiger charge is 2.27. The Kier molecular flexibility index (Phi) is 3.38. The van der Waals surface area contributed by atoms with Crippen LogP contribution in [0.1, 0.15) is 31.0 Å². The van der Waals surface area contributed by atoms with Crippen molar-refractivity contribution in [3.63, 3.8) is 0 Å². The lowest BCUT2D eigenvalue weighted by molar-refractivity contribution is 0.678. The van der Waals surface area contributed by atoms with Gasteiger partial charge in [-0.15, -0.1) is 0 Å². The van der Waals surface area contributed by atoms with Crippen molar-refractivity contribution in [2.24, 2.45) is 18.7 Å². The Bertz CT molecular complexity index is 434. The van der Waals surface area contributed by atoms with Gasteiger partial charge < -0.3 is 10.6 Å². The molecule has 1 fully saturated rings. The Morgan fingerprint density at radius 1 is 1.59 bits per heavy atom. The lowest BCUT2D eigenvalue weighted by atomic mass is 10.2. The maximum absolute atomic E-state index is 5.82. The van der Waals surface area contributed by atoms with E-state index in [1.54, 1.807) is 0 Å². The van der Waals surface area contributed by atoms with Crippen LogP contribution in [0.3, 0.4) is 0 Å². The average molecular weight is 252 g/mol. The van der Waals surface area contributed by atoms with E-state index in [1.807, 2.05) is 18.7 Å². The van der Waals surface area contributed by atoms with E-state index in [2.05, 4.69) is 16.9 Å². The van der Waals surface area contributed by atoms with Crippen molar-refractivity contribution in [3.05, 3.63) is 11.3 Å². The van der Waals surface area contributed by atoms with Crippen LogP contribution in [0, 0.1) is 12.8 Å². The molecule has 0 aromatic carbocycles. The monoisotopic (exact) mass is 252 g/mol. The van der Waals surface area contributed by atoms with E-state index in [0.29, 0.717) is 4.99 Å². The van der Waals surface area contributed by atoms with Gasteiger partial charge in [0.2, 0.25) is 0 Å². The van der Waals surface area contributed by atoms with Crippen LogP contribution >= 0.6 is 12.2 Å². The molecule has 0 saturated heterocycles. The van der Waals surface area contributed by atoms with Gasteiger partial charge >= 0.3 is 0 Å². The predicted octanol–water partition coefficient (Wildman–Crippen LogP) is 1.60. The molecule has 0 amide bonds. The number of aromatic nitrogens is 2. The quantitative estimate of drug-likeness (QED) is 0.809. The van der Waals surface area contributed by atoms with Gasteiger partial charge in [0.15, 0.2) is 0 Å². The van der Waals surface area contributed by atoms with Gasteiger partial charge in [-0.3, -0.25) is 4.68 Å². The van der Waals surface area contributed by atoms with Gasteiger partial charge in [0, 0.05) is 20.1 Å². The molecule has 17 heavy (non-hydrogen) atoms. The molecule has 0 radical (unpaired) electrons. The number of aryl methyl sites for hydroxylation is 2. The highest BCUT2D eigenvalue weighted by atomic mass is 32.1. The van der Waals surface area contributed by atoms with E-state index in [4.69, 9.17) is 18.0 Å². The molecule has 1 aliphatic carbocycles. The minimum absolute atomic E-state index is 0.444. The van der Waals surface area contributed by atoms with E-state index >= 15 is 0 Å². The van der Waals surface area contributed by atoms with Gasteiger partial charge in [0.05, 0.1) is 11.3 Å². The van der Waals surface area contributed by atoms with Crippen LogP contribution in [0.2, 0.25) is 0 Å². The summed E-state index contributed by atoms with van der Waals surface area (Å²) in [7, 11) is 1.96. The first-order valence-electron chi connectivity index (χ1n) is 6.13. The summed E-state index contributed by atoms with van der Waals surface area (Å²) in [6, 6.07) is 0. The summed E-state index contributed by atoms with van der Waals surface area (Å²) in [4.78, 5) is 2.78. The zero-order valence-electron chi connectivity index (χ0n) is 10.7. The first-order chi connectivity index (χ1) is 8.04. The Hall–Kier alpha value is -1.10. The Morgan fingerprint density at radius 3 is 2.71 bits per heavy atom. The number of nitrogens with two attached hydrogens (primary N) is 1. The summed E-state index contributed by atoms with van der Waals surface area (Å²) in [5.74, 6) is 1.91. The van der Waals surface area contributed by atoms with Crippen LogP contribution in [0.15, 0.2) is 0 Å². The molecule has 1 aromatic heterocycles. The topological polar surface area (TPSA) is 47.1 Å². The second-order valence-electron chi connectivity index (χ2n) is 4.75. The summed E-state index contributed by atoms with van der Waals surface area (Å²) in [6.45, 7) is 6.17. The summed E-state index contributed by atoms with van der Waals surface area (Å²) < 4.78 is 1.90. The number of thiocarbonyl (C=S) groups is 1. The van der Waals surface area contributed by atoms with Gasteiger partial charge in [0.1, 0.15) is 10.8 Å². The maximum atomic E-state index is 5.82. The minimum atomic E-state index is 0.444. The molecule has 1 aromatic rings. The lowest BCUT2D eigenvalue weighted by Gasteiger charge is -2.24. The molecule has 1 aliphatic rings. The number of anilines is 1. The molecule has 94 valence electrons. The van der Waals surface area contributed by atoms with Crippen LogP contribution in [0.5, 0.6) is 0 Å². The second kappa shape index (κ2) is 4.64. The van der Waals surface area contributed by atoms with Crippen molar-refractivity contribution >= 4 is 23.0 Å². The fourth-order valence-electron chi connectivity index (χ4n) is 2.27. The van der Waals surface area contributed by atoms with Crippen molar-refractivity contribution in [3.8, 4) is 0 Å². The van der Waals surface area contributed by atoms with Gasteiger partial charge in [-0.1, -0.05) is 12.2 Å². The Balaban J connectivity index is 2.36. The number of nitrogens with zero attached hydrogens (tertiary/aromatic N) is 3. The molecular weight excluding hydrogens is 232 g/mol. The number of hydrogen-bond acceptors (Lipinski definition) is 3. The molecule has 1 saturated carbocycles. The van der Waals surface area contributed by atoms with Gasteiger partial charge in [-0.25, -0.2) is 0 Å². The zero-order chi connectivity index (χ0) is 12.6. The molecule has 0 spiro atoms. The van der Waals surface area contributed by atoms with Crippen molar-refractivity contribution in [1.29, 1.82) is 0 Å². The van der Waals surface area contributed by atoms with Crippen molar-refractivity contribution in [2.45, 2.75) is 26.7 Å². The normalized spacial score (nSPS) is 15.0. The van der Waals surface area contributed by atoms with Crippen molar-refractivity contribution in [1.82, 2.24) is 9.78 Å². The molecule has 4 nitrogen and oxygen atoms in total. The molecule has 1 heterocycles. The SMILES string of the molecule is CCN(CC1CC1)c1c(C(N)=S)c(C)nn1C. The smallest absolute Gasteiger partial charge is 0.137 e. The third-order valence-corrected chi connectivity index (χ3v) is 3.50. The third-order valence-electron chi connectivity index (χ3n) is 3.30. The van der Waals surface area contributed by atoms with Crippen LogP contribution in [-0.4, -0.2) is 27.9 Å². The molecular formula is C12H20N4S.